The summed E-state index contributed by atoms with van der Waals surface area (Å²) in [5.74, 6) is 0. The van der Waals surface area contributed by atoms with E-state index in [1.54, 1.807) is 0 Å². The van der Waals surface area contributed by atoms with Crippen LogP contribution in [0.3, 0.4) is 0 Å². The summed E-state index contributed by atoms with van der Waals surface area (Å²) >= 11 is 0. The molecule has 1 N–H and O–H groups in total. The Kier molecular flexibility index (Phi) is 10.1. The molecule has 0 aliphatic rings. The SMILES string of the molecule is CCCCNCCN(C=O)CCCC. The first kappa shape index (κ1) is 13.4. The molecular weight excluding hydrogens is 176 g/mol. The van der Waals surface area contributed by atoms with Crippen LogP contribution in [0.15, 0.2) is 0 Å². The smallest absolute Gasteiger partial charge is 0.209 e. The van der Waals surface area contributed by atoms with Gasteiger partial charge in [-0.05, 0) is 19.4 Å². The van der Waals surface area contributed by atoms with Gasteiger partial charge < -0.3 is 10.2 Å². The van der Waals surface area contributed by atoms with Gasteiger partial charge in [-0.15, -0.1) is 0 Å². The quantitative estimate of drug-likeness (QED) is 0.429. The van der Waals surface area contributed by atoms with Crippen LogP contribution in [0.25, 0.3) is 0 Å². The van der Waals surface area contributed by atoms with Crippen molar-refractivity contribution in [3.8, 4) is 0 Å². The third kappa shape index (κ3) is 8.05. The zero-order valence-corrected chi connectivity index (χ0v) is 9.59. The van der Waals surface area contributed by atoms with Crippen molar-refractivity contribution in [2.45, 2.75) is 39.5 Å². The molecule has 0 aliphatic heterocycles. The largest absolute Gasteiger partial charge is 0.344 e. The van der Waals surface area contributed by atoms with Gasteiger partial charge in [-0.25, -0.2) is 0 Å². The van der Waals surface area contributed by atoms with E-state index >= 15 is 0 Å². The lowest BCUT2D eigenvalue weighted by atomic mass is 10.3. The minimum atomic E-state index is 0.840. The number of unbranched alkanes of at least 4 members (excludes halogenated alkanes) is 2. The lowest BCUT2D eigenvalue weighted by Gasteiger charge is -2.16. The molecule has 0 atom stereocenters. The van der Waals surface area contributed by atoms with Crippen molar-refractivity contribution >= 4 is 6.41 Å². The number of carbonyl (C=O) groups is 1. The fourth-order valence-electron chi connectivity index (χ4n) is 1.23. The zero-order valence-electron chi connectivity index (χ0n) is 9.59. The van der Waals surface area contributed by atoms with Gasteiger partial charge in [0.25, 0.3) is 0 Å². The van der Waals surface area contributed by atoms with Crippen molar-refractivity contribution in [1.29, 1.82) is 0 Å². The number of nitrogens with one attached hydrogen (secondary N) is 1. The second-order valence-corrected chi connectivity index (χ2v) is 3.60. The monoisotopic (exact) mass is 200 g/mol. The van der Waals surface area contributed by atoms with Crippen molar-refractivity contribution in [2.24, 2.45) is 0 Å². The molecule has 0 aromatic carbocycles. The fourth-order valence-corrected chi connectivity index (χ4v) is 1.23. The third-order valence-corrected chi connectivity index (χ3v) is 2.23. The van der Waals surface area contributed by atoms with Gasteiger partial charge in [0.1, 0.15) is 0 Å². The lowest BCUT2D eigenvalue weighted by molar-refractivity contribution is -0.118. The van der Waals surface area contributed by atoms with Crippen LogP contribution < -0.4 is 5.32 Å². The molecule has 3 nitrogen and oxygen atoms in total. The van der Waals surface area contributed by atoms with E-state index in [0.29, 0.717) is 0 Å². The van der Waals surface area contributed by atoms with E-state index in [2.05, 4.69) is 19.2 Å². The molecule has 84 valence electrons. The van der Waals surface area contributed by atoms with E-state index in [-0.39, 0.29) is 0 Å². The van der Waals surface area contributed by atoms with Gasteiger partial charge in [-0.1, -0.05) is 26.7 Å². The molecule has 0 radical (unpaired) electrons. The summed E-state index contributed by atoms with van der Waals surface area (Å²) in [5.41, 5.74) is 0. The van der Waals surface area contributed by atoms with Crippen LogP contribution in [0, 0.1) is 0 Å². The summed E-state index contributed by atoms with van der Waals surface area (Å²) in [6.07, 6.45) is 5.65. The van der Waals surface area contributed by atoms with Crippen LogP contribution in [-0.4, -0.2) is 37.5 Å². The van der Waals surface area contributed by atoms with E-state index in [1.165, 1.54) is 12.8 Å². The highest BCUT2D eigenvalue weighted by molar-refractivity contribution is 5.46. The highest BCUT2D eigenvalue weighted by Gasteiger charge is 1.98. The maximum Gasteiger partial charge on any atom is 0.209 e. The van der Waals surface area contributed by atoms with Crippen molar-refractivity contribution in [3.05, 3.63) is 0 Å². The highest BCUT2D eigenvalue weighted by Crippen LogP contribution is 1.91. The Morgan fingerprint density at radius 1 is 1.07 bits per heavy atom. The zero-order chi connectivity index (χ0) is 10.6. The van der Waals surface area contributed by atoms with Gasteiger partial charge in [0.2, 0.25) is 6.41 Å². The average molecular weight is 200 g/mol. The predicted octanol–water partition coefficient (Wildman–Crippen LogP) is 1.63. The van der Waals surface area contributed by atoms with Crippen LogP contribution in [0.5, 0.6) is 0 Å². The maximum atomic E-state index is 10.6. The summed E-state index contributed by atoms with van der Waals surface area (Å²) < 4.78 is 0. The first-order chi connectivity index (χ1) is 6.85. The van der Waals surface area contributed by atoms with Crippen LogP contribution in [0.1, 0.15) is 39.5 Å². The molecule has 0 saturated carbocycles. The number of carbonyl (C=O) groups excluding carboxylic acids is 1. The van der Waals surface area contributed by atoms with Crippen molar-refractivity contribution < 1.29 is 4.79 Å². The van der Waals surface area contributed by atoms with E-state index in [1.807, 2.05) is 4.90 Å². The van der Waals surface area contributed by atoms with Gasteiger partial charge in [0, 0.05) is 19.6 Å². The summed E-state index contributed by atoms with van der Waals surface area (Å²) in [5, 5.41) is 3.33. The summed E-state index contributed by atoms with van der Waals surface area (Å²) in [7, 11) is 0. The van der Waals surface area contributed by atoms with Gasteiger partial charge in [0.15, 0.2) is 0 Å². The molecule has 0 fully saturated rings. The highest BCUT2D eigenvalue weighted by atomic mass is 16.1. The Morgan fingerprint density at radius 3 is 2.36 bits per heavy atom. The topological polar surface area (TPSA) is 32.3 Å². The van der Waals surface area contributed by atoms with Crippen molar-refractivity contribution in [3.63, 3.8) is 0 Å². The molecule has 3 heteroatoms. The van der Waals surface area contributed by atoms with Crippen LogP contribution in [-0.2, 0) is 4.79 Å². The number of nitrogens with zero attached hydrogens (tertiary/aromatic N) is 1. The second-order valence-electron chi connectivity index (χ2n) is 3.60. The molecule has 14 heavy (non-hydrogen) atoms. The van der Waals surface area contributed by atoms with E-state index in [4.69, 9.17) is 0 Å². The van der Waals surface area contributed by atoms with E-state index in [0.717, 1.165) is 45.4 Å². The number of hydrogen-bond donors (Lipinski definition) is 1. The van der Waals surface area contributed by atoms with Crippen molar-refractivity contribution in [2.75, 3.05) is 26.2 Å². The number of rotatable bonds is 10. The molecule has 0 rings (SSSR count). The third-order valence-electron chi connectivity index (χ3n) is 2.23. The normalized spacial score (nSPS) is 10.1. The molecule has 0 aromatic heterocycles. The molecule has 0 saturated heterocycles. The lowest BCUT2D eigenvalue weighted by Crippen LogP contribution is -2.32. The van der Waals surface area contributed by atoms with E-state index < -0.39 is 0 Å². The minimum absolute atomic E-state index is 0.840. The number of amides is 1. The molecule has 0 aliphatic carbocycles. The van der Waals surface area contributed by atoms with Gasteiger partial charge in [-0.3, -0.25) is 4.79 Å². The molecule has 1 amide bonds. The minimum Gasteiger partial charge on any atom is -0.344 e. The summed E-state index contributed by atoms with van der Waals surface area (Å²) in [4.78, 5) is 12.5. The summed E-state index contributed by atoms with van der Waals surface area (Å²) in [6, 6.07) is 0. The predicted molar refractivity (Wildman–Crippen MR) is 60.3 cm³/mol. The molecule has 0 bridgehead atoms. The van der Waals surface area contributed by atoms with Crippen molar-refractivity contribution in [1.82, 2.24) is 10.2 Å². The first-order valence-corrected chi connectivity index (χ1v) is 5.75. The molecule has 0 aromatic rings. The maximum absolute atomic E-state index is 10.6. The Hall–Kier alpha value is -0.570. The van der Waals surface area contributed by atoms with Gasteiger partial charge >= 0.3 is 0 Å². The molecular formula is C11H24N2O. The van der Waals surface area contributed by atoms with E-state index in [9.17, 15) is 4.79 Å². The Morgan fingerprint density at radius 2 is 1.79 bits per heavy atom. The Labute approximate surface area is 87.9 Å². The Balaban J connectivity index is 3.28. The van der Waals surface area contributed by atoms with Gasteiger partial charge in [0.05, 0.1) is 0 Å². The number of hydrogen-bond acceptors (Lipinski definition) is 2. The second kappa shape index (κ2) is 10.5. The van der Waals surface area contributed by atoms with Gasteiger partial charge in [-0.2, -0.15) is 0 Å². The average Bonchev–Trinajstić information content (AvgIpc) is 2.22. The van der Waals surface area contributed by atoms with Crippen LogP contribution in [0.4, 0.5) is 0 Å². The molecule has 0 spiro atoms. The summed E-state index contributed by atoms with van der Waals surface area (Å²) in [6.45, 7) is 8.05. The molecule has 0 unspecified atom stereocenters. The van der Waals surface area contributed by atoms with Crippen LogP contribution in [0.2, 0.25) is 0 Å². The first-order valence-electron chi connectivity index (χ1n) is 5.75. The standard InChI is InChI=1S/C11H24N2O/c1-3-5-7-12-8-10-13(11-14)9-6-4-2/h11-12H,3-10H2,1-2H3. The van der Waals surface area contributed by atoms with Crippen LogP contribution >= 0.6 is 0 Å². The fraction of sp³-hybridized carbons (Fsp3) is 0.909. The molecule has 0 heterocycles. The Bertz CT molecular complexity index is 128.